The predicted molar refractivity (Wildman–Crippen MR) is 240 cm³/mol. The first-order valence-electron chi connectivity index (χ1n) is 20.1. The summed E-state index contributed by atoms with van der Waals surface area (Å²) in [6.45, 7) is 15.5. The van der Waals surface area contributed by atoms with E-state index in [1.807, 2.05) is 0 Å². The first kappa shape index (κ1) is 31.8. The van der Waals surface area contributed by atoms with Crippen molar-refractivity contribution in [3.8, 4) is 11.4 Å². The molecule has 0 aliphatic heterocycles. The maximum Gasteiger partial charge on any atom is 0.0613 e. The van der Waals surface area contributed by atoms with Crippen LogP contribution in [-0.4, -0.2) is 18.3 Å². The maximum absolute atomic E-state index is 2.53. The molecule has 0 radical (unpaired) electrons. The number of aryl methyl sites for hydroxylation is 4. The highest BCUT2D eigenvalue weighted by Gasteiger charge is 2.23. The number of fused-ring (bicyclic) bond motifs is 10. The van der Waals surface area contributed by atoms with Gasteiger partial charge in [-0.1, -0.05) is 60.7 Å². The van der Waals surface area contributed by atoms with Crippen LogP contribution in [0.1, 0.15) is 36.4 Å². The number of aromatic nitrogens is 4. The van der Waals surface area contributed by atoms with Crippen molar-refractivity contribution in [3.05, 3.63) is 144 Å². The van der Waals surface area contributed by atoms with E-state index in [0.29, 0.717) is 0 Å². The smallest absolute Gasteiger partial charge is 0.0613 e. The summed E-state index contributed by atoms with van der Waals surface area (Å²) in [4.78, 5) is 0. The lowest BCUT2D eigenvalue weighted by Crippen LogP contribution is -1.99. The number of hydrogen-bond acceptors (Lipinski definition) is 0. The highest BCUT2D eigenvalue weighted by atomic mass is 15.0. The average Bonchev–Trinajstić information content (AvgIpc) is 3.90. The zero-order chi connectivity index (χ0) is 37.7. The minimum atomic E-state index is 0.942. The van der Waals surface area contributed by atoms with Gasteiger partial charge in [0.05, 0.1) is 11.0 Å². The molecule has 0 N–H and O–H groups in total. The molecule has 0 aliphatic carbocycles. The summed E-state index contributed by atoms with van der Waals surface area (Å²) in [5.41, 5.74) is 15.4. The molecule has 0 spiro atoms. The fraction of sp³-hybridized carbons (Fsp3) is 0.154. The highest BCUT2D eigenvalue weighted by Crippen LogP contribution is 2.46. The van der Waals surface area contributed by atoms with E-state index in [2.05, 4.69) is 181 Å². The van der Waals surface area contributed by atoms with Crippen molar-refractivity contribution in [1.29, 1.82) is 0 Å². The lowest BCUT2D eigenvalue weighted by atomic mass is 9.91. The van der Waals surface area contributed by atoms with Crippen molar-refractivity contribution in [1.82, 2.24) is 18.3 Å². The van der Waals surface area contributed by atoms with Crippen molar-refractivity contribution >= 4 is 97.7 Å². The second-order valence-electron chi connectivity index (χ2n) is 16.0. The minimum absolute atomic E-state index is 0.942. The minimum Gasteiger partial charge on any atom is -0.341 e. The van der Waals surface area contributed by atoms with E-state index < -0.39 is 0 Å². The molecule has 0 bridgehead atoms. The fourth-order valence-corrected chi connectivity index (χ4v) is 10.7. The number of rotatable bonds is 4. The molecule has 0 atom stereocenters. The normalized spacial score (nSPS) is 12.6. The number of nitrogens with zero attached hydrogens (tertiary/aromatic N) is 4. The van der Waals surface area contributed by atoms with Gasteiger partial charge in [0.25, 0.3) is 0 Å². The second kappa shape index (κ2) is 11.0. The number of para-hydroxylation sites is 2. The van der Waals surface area contributed by atoms with Crippen molar-refractivity contribution in [3.63, 3.8) is 0 Å². The van der Waals surface area contributed by atoms with Gasteiger partial charge < -0.3 is 18.3 Å². The zero-order valence-corrected chi connectivity index (χ0v) is 32.8. The van der Waals surface area contributed by atoms with E-state index in [1.165, 1.54) is 132 Å². The van der Waals surface area contributed by atoms with Crippen LogP contribution in [0, 0.1) is 27.7 Å². The highest BCUT2D eigenvalue weighted by molar-refractivity contribution is 6.33. The Morgan fingerprint density at radius 2 is 0.786 bits per heavy atom. The van der Waals surface area contributed by atoms with E-state index in [1.54, 1.807) is 0 Å². The van der Waals surface area contributed by atoms with E-state index in [-0.39, 0.29) is 0 Å². The van der Waals surface area contributed by atoms with Crippen LogP contribution in [0.4, 0.5) is 0 Å². The second-order valence-corrected chi connectivity index (χ2v) is 16.0. The van der Waals surface area contributed by atoms with Gasteiger partial charge in [-0.05, 0) is 135 Å². The molecular weight excluding hydrogens is 681 g/mol. The molecule has 4 nitrogen and oxygen atoms in total. The summed E-state index contributed by atoms with van der Waals surface area (Å²) in [5.74, 6) is 0. The van der Waals surface area contributed by atoms with Gasteiger partial charge >= 0.3 is 0 Å². The Labute approximate surface area is 324 Å². The molecule has 56 heavy (non-hydrogen) atoms. The van der Waals surface area contributed by atoms with Crippen molar-refractivity contribution < 1.29 is 0 Å². The lowest BCUT2D eigenvalue weighted by Gasteiger charge is -2.17. The molecule has 4 heterocycles. The first-order valence-corrected chi connectivity index (χ1v) is 20.1. The van der Waals surface area contributed by atoms with Gasteiger partial charge in [0.15, 0.2) is 0 Å². The Morgan fingerprint density at radius 1 is 0.375 bits per heavy atom. The van der Waals surface area contributed by atoms with Crippen LogP contribution < -0.4 is 0 Å². The van der Waals surface area contributed by atoms with Gasteiger partial charge in [-0.2, -0.15) is 0 Å². The van der Waals surface area contributed by atoms with Crippen LogP contribution in [0.25, 0.3) is 109 Å². The topological polar surface area (TPSA) is 19.7 Å². The molecule has 4 heteroatoms. The van der Waals surface area contributed by atoms with E-state index >= 15 is 0 Å². The van der Waals surface area contributed by atoms with Gasteiger partial charge in [-0.3, -0.25) is 0 Å². The van der Waals surface area contributed by atoms with E-state index in [0.717, 1.165) is 13.1 Å². The van der Waals surface area contributed by atoms with Crippen LogP contribution >= 0.6 is 0 Å². The molecule has 0 saturated carbocycles. The Morgan fingerprint density at radius 3 is 1.21 bits per heavy atom. The molecule has 12 rings (SSSR count). The monoisotopic (exact) mass is 722 g/mol. The molecule has 4 aromatic heterocycles. The van der Waals surface area contributed by atoms with Crippen molar-refractivity contribution in [2.75, 3.05) is 0 Å². The number of hydrogen-bond donors (Lipinski definition) is 0. The third kappa shape index (κ3) is 3.84. The maximum atomic E-state index is 2.53. The molecule has 0 aliphatic rings. The first-order chi connectivity index (χ1) is 27.4. The molecule has 8 aromatic carbocycles. The van der Waals surface area contributed by atoms with Crippen LogP contribution in [0.5, 0.6) is 0 Å². The molecule has 270 valence electrons. The molecule has 0 amide bonds. The molecular formula is C52H42N4. The van der Waals surface area contributed by atoms with Gasteiger partial charge in [0.2, 0.25) is 0 Å². The molecule has 12 aromatic rings. The Kier molecular flexibility index (Phi) is 6.27. The molecule has 0 unspecified atom stereocenters. The summed E-state index contributed by atoms with van der Waals surface area (Å²) in [6.07, 6.45) is 0. The lowest BCUT2D eigenvalue weighted by molar-refractivity contribution is 0.827. The fourth-order valence-electron chi connectivity index (χ4n) is 10.7. The van der Waals surface area contributed by atoms with Crippen LogP contribution in [0.2, 0.25) is 0 Å². The van der Waals surface area contributed by atoms with Gasteiger partial charge in [-0.25, -0.2) is 0 Å². The summed E-state index contributed by atoms with van der Waals surface area (Å²) in [7, 11) is 0. The van der Waals surface area contributed by atoms with Gasteiger partial charge in [0, 0.05) is 101 Å². The summed E-state index contributed by atoms with van der Waals surface area (Å²) >= 11 is 0. The number of benzene rings is 8. The average molecular weight is 723 g/mol. The summed E-state index contributed by atoms with van der Waals surface area (Å²) < 4.78 is 9.94. The Hall–Kier alpha value is -6.52. The third-order valence-corrected chi connectivity index (χ3v) is 13.5. The van der Waals surface area contributed by atoms with Gasteiger partial charge in [0.1, 0.15) is 0 Å². The van der Waals surface area contributed by atoms with E-state index in [9.17, 15) is 0 Å². The largest absolute Gasteiger partial charge is 0.341 e. The van der Waals surface area contributed by atoms with Crippen molar-refractivity contribution in [2.24, 2.45) is 0 Å². The van der Waals surface area contributed by atoms with Crippen molar-refractivity contribution in [2.45, 2.75) is 54.6 Å². The molecule has 0 saturated heterocycles. The van der Waals surface area contributed by atoms with E-state index in [4.69, 9.17) is 0 Å². The SMILES string of the molecule is CCn1c2ccccc2c2cc(-n3c(C)c(C)c4cc5ccc6c7c(ccc(c57)c43)cc3c(C)c(C)n(-c4ccc5c(c4)c4ccccc4n5CC)c36)ccc21. The van der Waals surface area contributed by atoms with Crippen LogP contribution in [0.3, 0.4) is 0 Å². The quantitative estimate of drug-likeness (QED) is 0.161. The van der Waals surface area contributed by atoms with Crippen LogP contribution in [0.15, 0.2) is 121 Å². The summed E-state index contributed by atoms with van der Waals surface area (Å²) in [5, 5.41) is 15.8. The predicted octanol–water partition coefficient (Wildman–Crippen LogP) is 14.0. The van der Waals surface area contributed by atoms with Crippen LogP contribution in [-0.2, 0) is 13.1 Å². The Balaban J connectivity index is 1.16. The standard InChI is InChI=1S/C52H42N4/c1-7-53-45-15-11-9-13-37(45)43-27-35(19-23-47(43)53)55-31(5)29(3)41-25-33-18-22-40-50-34(17-21-39(49(33)50)51(41)55)26-42-30(4)32(6)56(52(40)42)36-20-24-48-44(28-36)38-14-10-12-16-46(38)54(48)8-2/h9-28H,7-8H2,1-6H3. The zero-order valence-electron chi connectivity index (χ0n) is 32.8. The molecule has 0 fully saturated rings. The summed E-state index contributed by atoms with van der Waals surface area (Å²) in [6, 6.07) is 46.3. The third-order valence-electron chi connectivity index (χ3n) is 13.5. The van der Waals surface area contributed by atoms with Gasteiger partial charge in [-0.15, -0.1) is 0 Å². The Bertz CT molecular complexity index is 3410.